The number of benzene rings is 1. The highest BCUT2D eigenvalue weighted by atomic mass is 16.9. The molecule has 1 aromatic rings. The van der Waals surface area contributed by atoms with Gasteiger partial charge in [-0.3, -0.25) is 4.79 Å². The van der Waals surface area contributed by atoms with Crippen molar-refractivity contribution in [2.24, 2.45) is 35.5 Å². The molecule has 12 heteroatoms. The van der Waals surface area contributed by atoms with Crippen molar-refractivity contribution in [1.29, 1.82) is 0 Å². The van der Waals surface area contributed by atoms with E-state index in [4.69, 9.17) is 28.4 Å². The van der Waals surface area contributed by atoms with Gasteiger partial charge in [-0.15, -0.1) is 0 Å². The number of rotatable bonds is 6. The van der Waals surface area contributed by atoms with Gasteiger partial charge >= 0.3 is 17.9 Å². The van der Waals surface area contributed by atoms with Gasteiger partial charge in [0.15, 0.2) is 0 Å². The standard InChI is InChI=1S/C39H52O12/c1-20(2)35-17-25(18-46-23(5)41)38-28-31(35)49-39(50-35,51-38)26(42)16-12-7-6-9-13-21(3)27-22(4)30(47-33(43)24-14-10-8-11-15-24)37(45,29(27)38)34(44)36(19-40)32(28)48-36/h8,10-11,14-15,21-22,25-32,34,40,42,44-45H,1,6-7,9,12-13,16-19H2,2-5H3/t21-,22+,25+,26?,27+,28-,29-,30?,31-,32+,34-,35-,36+,37-,38-,39-/m1/s1. The van der Waals surface area contributed by atoms with Crippen molar-refractivity contribution in [2.45, 2.75) is 132 Å². The van der Waals surface area contributed by atoms with E-state index in [1.165, 1.54) is 6.92 Å². The van der Waals surface area contributed by atoms with E-state index in [1.807, 2.05) is 13.8 Å². The number of esters is 2. The molecule has 3 aliphatic carbocycles. The molecule has 7 aliphatic rings. The summed E-state index contributed by atoms with van der Waals surface area (Å²) < 4.78 is 39.6. The molecule has 3 saturated carbocycles. The Kier molecular flexibility index (Phi) is 8.41. The number of epoxide rings is 1. The summed E-state index contributed by atoms with van der Waals surface area (Å²) in [6.45, 7) is 10.8. The van der Waals surface area contributed by atoms with Crippen LogP contribution < -0.4 is 0 Å². The van der Waals surface area contributed by atoms with Gasteiger partial charge in [0.05, 0.1) is 24.4 Å². The summed E-state index contributed by atoms with van der Waals surface area (Å²) in [5, 5.41) is 49.5. The van der Waals surface area contributed by atoms with Crippen molar-refractivity contribution in [2.75, 3.05) is 13.2 Å². The van der Waals surface area contributed by atoms with Crippen LogP contribution in [0.2, 0.25) is 0 Å². The molecular formula is C39H52O12. The molecule has 2 spiro atoms. The average Bonchev–Trinajstić information content (AvgIpc) is 3.74. The van der Waals surface area contributed by atoms with Crippen molar-refractivity contribution in [3.05, 3.63) is 48.0 Å². The highest BCUT2D eigenvalue weighted by Crippen LogP contribution is 2.75. The van der Waals surface area contributed by atoms with Crippen LogP contribution in [0.25, 0.3) is 0 Å². The van der Waals surface area contributed by atoms with Gasteiger partial charge in [-0.25, -0.2) is 4.79 Å². The highest BCUT2D eigenvalue weighted by Gasteiger charge is 2.91. The summed E-state index contributed by atoms with van der Waals surface area (Å²) in [7, 11) is 0. The molecule has 280 valence electrons. The molecule has 16 atom stereocenters. The molecule has 4 aliphatic heterocycles. The lowest BCUT2D eigenvalue weighted by atomic mass is 9.51. The predicted octanol–water partition coefficient (Wildman–Crippen LogP) is 3.03. The second kappa shape index (κ2) is 12.0. The zero-order valence-electron chi connectivity index (χ0n) is 29.9. The largest absolute Gasteiger partial charge is 0.465 e. The maximum absolute atomic E-state index is 13.9. The van der Waals surface area contributed by atoms with Gasteiger partial charge in [-0.05, 0) is 55.2 Å². The van der Waals surface area contributed by atoms with Gasteiger partial charge in [0.2, 0.25) is 0 Å². The van der Waals surface area contributed by atoms with Crippen LogP contribution in [0.4, 0.5) is 0 Å². The summed E-state index contributed by atoms with van der Waals surface area (Å²) in [6, 6.07) is 8.49. The first-order valence-electron chi connectivity index (χ1n) is 18.7. The summed E-state index contributed by atoms with van der Waals surface area (Å²) >= 11 is 0. The number of carbonyl (C=O) groups is 2. The SMILES string of the molecule is C=C(C)[C@]12C[C@@H](COC(C)=O)[C@@]34O[C@]5(O[C@@H]1[C@@H]3[C@@H]1O[C@]1(CO)[C@@H](O)[C@]1(O)C(OC(=O)c3ccccc3)[C@@H](C)[C@H]([C@H](C)CCCCCCC5O)[C@H]14)O2. The third-order valence-electron chi connectivity index (χ3n) is 14.0. The van der Waals surface area contributed by atoms with E-state index in [9.17, 15) is 30.0 Å². The number of aliphatic hydroxyl groups excluding tert-OH is 3. The second-order valence-corrected chi connectivity index (χ2v) is 16.6. The molecule has 3 bridgehead atoms. The minimum absolute atomic E-state index is 0.0616. The van der Waals surface area contributed by atoms with Crippen molar-refractivity contribution in [3.8, 4) is 0 Å². The third kappa shape index (κ3) is 4.66. The lowest BCUT2D eigenvalue weighted by Crippen LogP contribution is -2.75. The average molecular weight is 713 g/mol. The Hall–Kier alpha value is -2.42. The van der Waals surface area contributed by atoms with Crippen LogP contribution in [-0.4, -0.2) is 104 Å². The number of carbonyl (C=O) groups excluding carboxylic acids is 2. The molecular weight excluding hydrogens is 660 g/mol. The summed E-state index contributed by atoms with van der Waals surface area (Å²) in [6.07, 6.45) is -1.27. The van der Waals surface area contributed by atoms with Gasteiger partial charge in [0.25, 0.3) is 0 Å². The Balaban J connectivity index is 1.40. The molecule has 4 saturated heterocycles. The Morgan fingerprint density at radius 2 is 1.69 bits per heavy atom. The summed E-state index contributed by atoms with van der Waals surface area (Å²) in [5.41, 5.74) is -5.76. The Labute approximate surface area is 298 Å². The van der Waals surface area contributed by atoms with Crippen LogP contribution in [0.5, 0.6) is 0 Å². The van der Waals surface area contributed by atoms with Gasteiger partial charge in [0.1, 0.15) is 47.3 Å². The molecule has 1 aromatic carbocycles. The summed E-state index contributed by atoms with van der Waals surface area (Å²) in [5.74, 6) is -6.61. The molecule has 8 rings (SSSR count). The fraction of sp³-hybridized carbons (Fsp3) is 0.744. The molecule has 4 heterocycles. The Morgan fingerprint density at radius 3 is 2.35 bits per heavy atom. The first-order chi connectivity index (χ1) is 24.2. The lowest BCUT2D eigenvalue weighted by Gasteiger charge is -2.62. The summed E-state index contributed by atoms with van der Waals surface area (Å²) in [4.78, 5) is 26.4. The minimum atomic E-state index is -2.24. The van der Waals surface area contributed by atoms with E-state index >= 15 is 0 Å². The molecule has 7 fully saturated rings. The third-order valence-corrected chi connectivity index (χ3v) is 14.0. The number of hydrogen-bond donors (Lipinski definition) is 4. The normalized spacial score (nSPS) is 50.9. The van der Waals surface area contributed by atoms with Crippen molar-refractivity contribution < 1.29 is 58.4 Å². The predicted molar refractivity (Wildman–Crippen MR) is 179 cm³/mol. The van der Waals surface area contributed by atoms with Crippen LogP contribution >= 0.6 is 0 Å². The highest BCUT2D eigenvalue weighted by molar-refractivity contribution is 5.89. The Bertz CT molecular complexity index is 1570. The van der Waals surface area contributed by atoms with Crippen molar-refractivity contribution >= 4 is 11.9 Å². The first-order valence-corrected chi connectivity index (χ1v) is 18.7. The first kappa shape index (κ1) is 35.6. The molecule has 0 radical (unpaired) electrons. The monoisotopic (exact) mass is 712 g/mol. The second-order valence-electron chi connectivity index (χ2n) is 16.6. The van der Waals surface area contributed by atoms with Crippen LogP contribution in [0, 0.1) is 35.5 Å². The van der Waals surface area contributed by atoms with Crippen LogP contribution in [0.1, 0.15) is 83.0 Å². The van der Waals surface area contributed by atoms with E-state index in [-0.39, 0.29) is 24.5 Å². The zero-order chi connectivity index (χ0) is 36.3. The van der Waals surface area contributed by atoms with Gasteiger partial charge in [0, 0.05) is 24.7 Å². The van der Waals surface area contributed by atoms with Gasteiger partial charge in [-0.1, -0.05) is 70.7 Å². The molecule has 2 unspecified atom stereocenters. The topological polar surface area (TPSA) is 174 Å². The van der Waals surface area contributed by atoms with Gasteiger partial charge < -0.3 is 48.8 Å². The smallest absolute Gasteiger partial charge is 0.338 e. The maximum atomic E-state index is 13.9. The quantitative estimate of drug-likeness (QED) is 0.193. The van der Waals surface area contributed by atoms with E-state index in [1.54, 1.807) is 30.3 Å². The maximum Gasteiger partial charge on any atom is 0.338 e. The number of ether oxygens (including phenoxy) is 6. The molecule has 51 heavy (non-hydrogen) atoms. The van der Waals surface area contributed by atoms with Crippen molar-refractivity contribution in [1.82, 2.24) is 0 Å². The van der Waals surface area contributed by atoms with Crippen LogP contribution in [-0.2, 0) is 33.2 Å². The van der Waals surface area contributed by atoms with Crippen LogP contribution in [0.15, 0.2) is 42.5 Å². The van der Waals surface area contributed by atoms with E-state index in [0.717, 1.165) is 25.7 Å². The fourth-order valence-electron chi connectivity index (χ4n) is 11.8. The Morgan fingerprint density at radius 1 is 0.980 bits per heavy atom. The van der Waals surface area contributed by atoms with Gasteiger partial charge in [-0.2, -0.15) is 0 Å². The molecule has 12 nitrogen and oxygen atoms in total. The molecule has 0 amide bonds. The zero-order valence-corrected chi connectivity index (χ0v) is 29.9. The van der Waals surface area contributed by atoms with E-state index in [2.05, 4.69) is 13.5 Å². The number of hydrogen-bond acceptors (Lipinski definition) is 12. The molecule has 0 aromatic heterocycles. The molecule has 4 N–H and O–H groups in total. The minimum Gasteiger partial charge on any atom is -0.465 e. The lowest BCUT2D eigenvalue weighted by molar-refractivity contribution is -0.459. The number of aliphatic hydroxyl groups is 4. The van der Waals surface area contributed by atoms with E-state index < -0.39 is 107 Å². The van der Waals surface area contributed by atoms with Crippen LogP contribution in [0.3, 0.4) is 0 Å². The van der Waals surface area contributed by atoms with Crippen molar-refractivity contribution in [3.63, 3.8) is 0 Å². The number of fused-ring (bicyclic) bond motifs is 1. The van der Waals surface area contributed by atoms with E-state index in [0.29, 0.717) is 18.4 Å². The fourth-order valence-corrected chi connectivity index (χ4v) is 11.8.